The molecule has 0 atom stereocenters. The molecule has 140 valence electrons. The number of benzene rings is 2. The van der Waals surface area contributed by atoms with Crippen molar-refractivity contribution in [1.82, 2.24) is 4.31 Å². The third kappa shape index (κ3) is 4.32. The fourth-order valence-corrected chi connectivity index (χ4v) is 5.35. The molecular weight excluding hydrogens is 372 g/mol. The molecule has 1 fully saturated rings. The summed E-state index contributed by atoms with van der Waals surface area (Å²) in [7, 11) is -7.13. The molecule has 8 heteroatoms. The van der Waals surface area contributed by atoms with Crippen molar-refractivity contribution in [2.24, 2.45) is 0 Å². The maximum Gasteiger partial charge on any atom is 0.243 e. The van der Waals surface area contributed by atoms with Crippen LogP contribution in [0, 0.1) is 0 Å². The first-order valence-corrected chi connectivity index (χ1v) is 11.8. The van der Waals surface area contributed by atoms with Gasteiger partial charge in [0.05, 0.1) is 36.0 Å². The van der Waals surface area contributed by atoms with Crippen molar-refractivity contribution < 1.29 is 21.7 Å². The second kappa shape index (κ2) is 7.48. The van der Waals surface area contributed by atoms with Crippen LogP contribution >= 0.6 is 0 Å². The number of sulfone groups is 1. The van der Waals surface area contributed by atoms with Crippen LogP contribution in [0.1, 0.15) is 5.56 Å². The van der Waals surface area contributed by atoms with Crippen molar-refractivity contribution in [3.05, 3.63) is 60.2 Å². The van der Waals surface area contributed by atoms with Gasteiger partial charge in [0.15, 0.2) is 9.84 Å². The molecule has 0 spiro atoms. The molecule has 0 aromatic heterocycles. The Hall–Kier alpha value is -1.74. The highest BCUT2D eigenvalue weighted by molar-refractivity contribution is 7.91. The highest BCUT2D eigenvalue weighted by Gasteiger charge is 2.30. The van der Waals surface area contributed by atoms with Gasteiger partial charge in [-0.3, -0.25) is 0 Å². The van der Waals surface area contributed by atoms with Gasteiger partial charge in [-0.15, -0.1) is 0 Å². The van der Waals surface area contributed by atoms with Gasteiger partial charge in [0.2, 0.25) is 10.0 Å². The summed E-state index contributed by atoms with van der Waals surface area (Å²) in [5.41, 5.74) is 1.24. The normalized spacial score (nSPS) is 17.3. The summed E-state index contributed by atoms with van der Waals surface area (Å²) in [5, 5.41) is 0. The molecule has 1 saturated heterocycles. The zero-order valence-electron chi connectivity index (χ0n) is 14.6. The molecular formula is C18H23N2O4S2+. The number of quaternary nitrogens is 1. The van der Waals surface area contributed by atoms with Gasteiger partial charge < -0.3 is 4.90 Å². The Kier molecular flexibility index (Phi) is 5.47. The van der Waals surface area contributed by atoms with Crippen LogP contribution in [-0.4, -0.2) is 53.6 Å². The average molecular weight is 396 g/mol. The first-order valence-electron chi connectivity index (χ1n) is 8.44. The molecule has 0 unspecified atom stereocenters. The molecule has 0 amide bonds. The third-order valence-electron chi connectivity index (χ3n) is 4.60. The third-order valence-corrected chi connectivity index (χ3v) is 7.60. The van der Waals surface area contributed by atoms with Gasteiger partial charge in [-0.05, 0) is 18.2 Å². The number of nitrogens with one attached hydrogen (secondary N) is 1. The lowest BCUT2D eigenvalue weighted by molar-refractivity contribution is -0.917. The van der Waals surface area contributed by atoms with E-state index < -0.39 is 19.9 Å². The van der Waals surface area contributed by atoms with Crippen LogP contribution in [0.4, 0.5) is 0 Å². The molecule has 0 saturated carbocycles. The lowest BCUT2D eigenvalue weighted by Crippen LogP contribution is -3.13. The molecule has 1 heterocycles. The standard InChI is InChI=1S/C18H22N2O4S2/c1-25(21,22)17-8-5-9-18(14-17)26(23,24)20-12-10-19(11-13-20)15-16-6-3-2-4-7-16/h2-9,14H,10-13,15H2,1H3/p+1. The highest BCUT2D eigenvalue weighted by Crippen LogP contribution is 2.19. The fraction of sp³-hybridized carbons (Fsp3) is 0.333. The number of nitrogens with zero attached hydrogens (tertiary/aromatic N) is 1. The molecule has 0 radical (unpaired) electrons. The molecule has 0 aliphatic carbocycles. The Morgan fingerprint density at radius 3 is 2.12 bits per heavy atom. The van der Waals surface area contributed by atoms with Crippen LogP contribution in [0.2, 0.25) is 0 Å². The Morgan fingerprint density at radius 2 is 1.50 bits per heavy atom. The first-order chi connectivity index (χ1) is 12.3. The quantitative estimate of drug-likeness (QED) is 0.784. The second-order valence-corrected chi connectivity index (χ2v) is 10.5. The zero-order valence-corrected chi connectivity index (χ0v) is 16.3. The minimum atomic E-state index is -3.69. The van der Waals surface area contributed by atoms with Crippen molar-refractivity contribution >= 4 is 19.9 Å². The summed E-state index contributed by atoms with van der Waals surface area (Å²) >= 11 is 0. The molecule has 0 bridgehead atoms. The number of hydrogen-bond acceptors (Lipinski definition) is 4. The smallest absolute Gasteiger partial charge is 0.243 e. The molecule has 3 rings (SSSR count). The summed E-state index contributed by atoms with van der Waals surface area (Å²) in [6, 6.07) is 15.7. The number of piperazine rings is 1. The van der Waals surface area contributed by atoms with Crippen molar-refractivity contribution in [3.8, 4) is 0 Å². The summed E-state index contributed by atoms with van der Waals surface area (Å²) < 4.78 is 50.5. The van der Waals surface area contributed by atoms with E-state index in [-0.39, 0.29) is 9.79 Å². The largest absolute Gasteiger partial charge is 0.329 e. The number of hydrogen-bond donors (Lipinski definition) is 1. The monoisotopic (exact) mass is 395 g/mol. The second-order valence-electron chi connectivity index (χ2n) is 6.56. The van der Waals surface area contributed by atoms with Crippen LogP contribution in [0.3, 0.4) is 0 Å². The van der Waals surface area contributed by atoms with E-state index in [1.54, 1.807) is 0 Å². The Bertz CT molecular complexity index is 965. The van der Waals surface area contributed by atoms with Gasteiger partial charge >= 0.3 is 0 Å². The van der Waals surface area contributed by atoms with E-state index in [1.165, 1.54) is 39.0 Å². The molecule has 26 heavy (non-hydrogen) atoms. The van der Waals surface area contributed by atoms with Crippen molar-refractivity contribution in [2.75, 3.05) is 32.4 Å². The molecule has 1 aliphatic heterocycles. The van der Waals surface area contributed by atoms with Gasteiger partial charge in [-0.2, -0.15) is 4.31 Å². The van der Waals surface area contributed by atoms with E-state index in [0.717, 1.165) is 25.9 Å². The fourth-order valence-electron chi connectivity index (χ4n) is 3.12. The van der Waals surface area contributed by atoms with E-state index in [0.29, 0.717) is 13.1 Å². The lowest BCUT2D eigenvalue weighted by atomic mass is 10.2. The number of rotatable bonds is 5. The Balaban J connectivity index is 1.70. The van der Waals surface area contributed by atoms with Crippen LogP contribution < -0.4 is 4.90 Å². The maximum atomic E-state index is 12.9. The van der Waals surface area contributed by atoms with Crippen LogP contribution in [0.25, 0.3) is 0 Å². The summed E-state index contributed by atoms with van der Waals surface area (Å²) in [6.07, 6.45) is 1.07. The van der Waals surface area contributed by atoms with Crippen molar-refractivity contribution in [3.63, 3.8) is 0 Å². The minimum Gasteiger partial charge on any atom is -0.329 e. The summed E-state index contributed by atoms with van der Waals surface area (Å²) in [6.45, 7) is 3.17. The molecule has 1 N–H and O–H groups in total. The van der Waals surface area contributed by atoms with E-state index in [9.17, 15) is 16.8 Å². The highest BCUT2D eigenvalue weighted by atomic mass is 32.2. The molecule has 2 aromatic rings. The predicted octanol–water partition coefficient (Wildman–Crippen LogP) is 0.180. The van der Waals surface area contributed by atoms with Gasteiger partial charge in [0, 0.05) is 11.8 Å². The predicted molar refractivity (Wildman–Crippen MR) is 99.2 cm³/mol. The van der Waals surface area contributed by atoms with Crippen molar-refractivity contribution in [2.45, 2.75) is 16.3 Å². The van der Waals surface area contributed by atoms with Gasteiger partial charge in [0.25, 0.3) is 0 Å². The van der Waals surface area contributed by atoms with E-state index in [4.69, 9.17) is 0 Å². The summed E-state index contributed by atoms with van der Waals surface area (Å²) in [4.78, 5) is 1.39. The number of sulfonamides is 1. The van der Waals surface area contributed by atoms with Crippen LogP contribution in [0.15, 0.2) is 64.4 Å². The van der Waals surface area contributed by atoms with Gasteiger partial charge in [-0.25, -0.2) is 16.8 Å². The van der Waals surface area contributed by atoms with Gasteiger partial charge in [-0.1, -0.05) is 36.4 Å². The van der Waals surface area contributed by atoms with Crippen LogP contribution in [-0.2, 0) is 26.4 Å². The molecule has 6 nitrogen and oxygen atoms in total. The first kappa shape index (κ1) is 19.0. The topological polar surface area (TPSA) is 76.0 Å². The summed E-state index contributed by atoms with van der Waals surface area (Å²) in [5.74, 6) is 0. The van der Waals surface area contributed by atoms with E-state index >= 15 is 0 Å². The zero-order chi connectivity index (χ0) is 18.8. The van der Waals surface area contributed by atoms with E-state index in [2.05, 4.69) is 12.1 Å². The average Bonchev–Trinajstić information content (AvgIpc) is 2.62. The molecule has 1 aliphatic rings. The lowest BCUT2D eigenvalue weighted by Gasteiger charge is -2.31. The van der Waals surface area contributed by atoms with E-state index in [1.807, 2.05) is 18.2 Å². The Morgan fingerprint density at radius 1 is 0.885 bits per heavy atom. The van der Waals surface area contributed by atoms with Crippen molar-refractivity contribution in [1.29, 1.82) is 0 Å². The Labute approximate surface area is 155 Å². The minimum absolute atomic E-state index is 0.0203. The van der Waals surface area contributed by atoms with Gasteiger partial charge in [0.1, 0.15) is 6.54 Å². The molecule has 2 aromatic carbocycles. The maximum absolute atomic E-state index is 12.9. The van der Waals surface area contributed by atoms with Crippen LogP contribution in [0.5, 0.6) is 0 Å². The SMILES string of the molecule is CS(=O)(=O)c1cccc(S(=O)(=O)N2CC[NH+](Cc3ccccc3)CC2)c1.